The van der Waals surface area contributed by atoms with E-state index in [1.165, 1.54) is 6.07 Å². The van der Waals surface area contributed by atoms with E-state index < -0.39 is 21.6 Å². The maximum Gasteiger partial charge on any atom is 0.417 e. The zero-order chi connectivity index (χ0) is 19.1. The van der Waals surface area contributed by atoms with Crippen LogP contribution in [0.1, 0.15) is 36.6 Å². The molecule has 1 aliphatic carbocycles. The fourth-order valence-corrected chi connectivity index (χ4v) is 3.84. The number of hydrogen-bond acceptors (Lipinski definition) is 3. The van der Waals surface area contributed by atoms with Crippen LogP contribution in [-0.4, -0.2) is 19.7 Å². The Bertz CT molecular complexity index is 944. The van der Waals surface area contributed by atoms with E-state index in [-0.39, 0.29) is 4.90 Å². The average molecular weight is 381 g/mol. The van der Waals surface area contributed by atoms with E-state index in [0.717, 1.165) is 48.1 Å². The van der Waals surface area contributed by atoms with E-state index in [1.807, 2.05) is 0 Å². The Hall–Kier alpha value is -2.15. The molecule has 138 valence electrons. The van der Waals surface area contributed by atoms with Gasteiger partial charge < -0.3 is 0 Å². The van der Waals surface area contributed by atoms with Crippen LogP contribution < -0.4 is 0 Å². The zero-order valence-electron chi connectivity index (χ0n) is 14.3. The topological polar surface area (TPSA) is 47.0 Å². The molecule has 7 heteroatoms. The van der Waals surface area contributed by atoms with Crippen molar-refractivity contribution >= 4 is 21.0 Å². The monoisotopic (exact) mass is 381 g/mol. The van der Waals surface area contributed by atoms with Crippen LogP contribution in [-0.2, 0) is 16.0 Å². The summed E-state index contributed by atoms with van der Waals surface area (Å²) < 4.78 is 61.4. The summed E-state index contributed by atoms with van der Waals surface area (Å²) in [5.41, 5.74) is 2.55. The molecule has 2 aromatic rings. The number of aromatic nitrogens is 1. The highest BCUT2D eigenvalue weighted by Crippen LogP contribution is 2.42. The molecular formula is C19H18F3NO2S. The number of pyridine rings is 1. The van der Waals surface area contributed by atoms with Gasteiger partial charge in [0, 0.05) is 12.5 Å². The summed E-state index contributed by atoms with van der Waals surface area (Å²) in [6, 6.07) is 9.04. The number of halogens is 3. The smallest absolute Gasteiger partial charge is 0.256 e. The third-order valence-corrected chi connectivity index (χ3v) is 5.63. The van der Waals surface area contributed by atoms with Crippen LogP contribution in [0.3, 0.4) is 0 Å². The molecule has 1 unspecified atom stereocenters. The molecule has 1 heterocycles. The molecule has 0 saturated heterocycles. The van der Waals surface area contributed by atoms with Gasteiger partial charge in [-0.1, -0.05) is 19.1 Å². The molecule has 1 aromatic heterocycles. The van der Waals surface area contributed by atoms with Crippen molar-refractivity contribution in [3.63, 3.8) is 0 Å². The van der Waals surface area contributed by atoms with Crippen molar-refractivity contribution in [3.05, 3.63) is 59.4 Å². The first-order chi connectivity index (χ1) is 12.1. The Labute approximate surface area is 150 Å². The standard InChI is InChI=1S/C19H18F3NO2S/c1-12-9-16(13-3-6-15(7-4-13)26(2,24)25)17(10-12)18-8-5-14(11-23-18)19(20,21)22/h3-8,11-12H,9-10H2,1-2H3. The average Bonchev–Trinajstić information content (AvgIpc) is 2.95. The number of alkyl halides is 3. The van der Waals surface area contributed by atoms with Crippen molar-refractivity contribution in [1.29, 1.82) is 0 Å². The molecule has 1 atom stereocenters. The SMILES string of the molecule is CC1CC(c2ccc(S(C)(=O)=O)cc2)=C(c2ccc(C(F)(F)F)cn2)C1. The third kappa shape index (κ3) is 3.82. The normalized spacial score (nSPS) is 18.4. The molecule has 0 fully saturated rings. The lowest BCUT2D eigenvalue weighted by molar-refractivity contribution is -0.137. The Kier molecular flexibility index (Phi) is 4.69. The number of nitrogens with zero attached hydrogens (tertiary/aromatic N) is 1. The molecule has 0 N–H and O–H groups in total. The summed E-state index contributed by atoms with van der Waals surface area (Å²) in [6.45, 7) is 2.07. The first kappa shape index (κ1) is 18.6. The van der Waals surface area contributed by atoms with Crippen molar-refractivity contribution in [2.24, 2.45) is 5.92 Å². The number of allylic oxidation sites excluding steroid dienone is 2. The highest BCUT2D eigenvalue weighted by atomic mass is 32.2. The maximum absolute atomic E-state index is 12.7. The van der Waals surface area contributed by atoms with Gasteiger partial charge in [0.2, 0.25) is 0 Å². The Morgan fingerprint density at radius 1 is 1.00 bits per heavy atom. The van der Waals surface area contributed by atoms with Crippen molar-refractivity contribution in [2.75, 3.05) is 6.26 Å². The van der Waals surface area contributed by atoms with Gasteiger partial charge in [-0.2, -0.15) is 13.2 Å². The van der Waals surface area contributed by atoms with E-state index in [4.69, 9.17) is 0 Å². The van der Waals surface area contributed by atoms with E-state index in [9.17, 15) is 21.6 Å². The Balaban J connectivity index is 2.00. The first-order valence-electron chi connectivity index (χ1n) is 8.12. The first-order valence-corrected chi connectivity index (χ1v) is 10.0. The lowest BCUT2D eigenvalue weighted by Crippen LogP contribution is -2.05. The third-order valence-electron chi connectivity index (χ3n) is 4.50. The number of benzene rings is 1. The molecule has 1 aliphatic rings. The molecular weight excluding hydrogens is 363 g/mol. The van der Waals surface area contributed by atoms with Gasteiger partial charge in [-0.05, 0) is 59.7 Å². The number of sulfone groups is 1. The van der Waals surface area contributed by atoms with Gasteiger partial charge in [-0.3, -0.25) is 4.98 Å². The van der Waals surface area contributed by atoms with Crippen LogP contribution in [0.5, 0.6) is 0 Å². The molecule has 0 spiro atoms. The van der Waals surface area contributed by atoms with Gasteiger partial charge in [-0.15, -0.1) is 0 Å². The van der Waals surface area contributed by atoms with Crippen molar-refractivity contribution in [1.82, 2.24) is 4.98 Å². The Morgan fingerprint density at radius 3 is 2.12 bits per heavy atom. The molecule has 26 heavy (non-hydrogen) atoms. The molecule has 3 nitrogen and oxygen atoms in total. The summed E-state index contributed by atoms with van der Waals surface area (Å²) in [5, 5.41) is 0. The maximum atomic E-state index is 12.7. The van der Waals surface area contributed by atoms with Crippen LogP contribution >= 0.6 is 0 Å². The van der Waals surface area contributed by atoms with Crippen LogP contribution in [0.25, 0.3) is 11.1 Å². The summed E-state index contributed by atoms with van der Waals surface area (Å²) in [6.07, 6.45) is -0.906. The van der Waals surface area contributed by atoms with Crippen molar-refractivity contribution in [2.45, 2.75) is 30.8 Å². The second kappa shape index (κ2) is 6.54. The van der Waals surface area contributed by atoms with E-state index in [0.29, 0.717) is 11.6 Å². The number of hydrogen-bond donors (Lipinski definition) is 0. The fraction of sp³-hybridized carbons (Fsp3) is 0.316. The van der Waals surface area contributed by atoms with Crippen molar-refractivity contribution in [3.8, 4) is 0 Å². The molecule has 0 bridgehead atoms. The fourth-order valence-electron chi connectivity index (χ4n) is 3.21. The molecule has 3 rings (SSSR count). The van der Waals surface area contributed by atoms with Crippen molar-refractivity contribution < 1.29 is 21.6 Å². The lowest BCUT2D eigenvalue weighted by atomic mass is 9.99. The summed E-state index contributed by atoms with van der Waals surface area (Å²) >= 11 is 0. The van der Waals surface area contributed by atoms with Gasteiger partial charge in [0.25, 0.3) is 0 Å². The van der Waals surface area contributed by atoms with Crippen LogP contribution in [0.15, 0.2) is 47.5 Å². The predicted molar refractivity (Wildman–Crippen MR) is 94.0 cm³/mol. The second-order valence-electron chi connectivity index (χ2n) is 6.70. The summed E-state index contributed by atoms with van der Waals surface area (Å²) in [4.78, 5) is 4.26. The molecule has 1 aromatic carbocycles. The summed E-state index contributed by atoms with van der Waals surface area (Å²) in [7, 11) is -3.27. The predicted octanol–water partition coefficient (Wildman–Crippen LogP) is 4.84. The highest BCUT2D eigenvalue weighted by molar-refractivity contribution is 7.90. The lowest BCUT2D eigenvalue weighted by Gasteiger charge is -2.10. The summed E-state index contributed by atoms with van der Waals surface area (Å²) in [5.74, 6) is 0.346. The van der Waals surface area contributed by atoms with E-state index >= 15 is 0 Å². The molecule has 0 saturated carbocycles. The van der Waals surface area contributed by atoms with Gasteiger partial charge in [0.05, 0.1) is 16.2 Å². The highest BCUT2D eigenvalue weighted by Gasteiger charge is 2.31. The van der Waals surface area contributed by atoms with Gasteiger partial charge in [-0.25, -0.2) is 8.42 Å². The minimum Gasteiger partial charge on any atom is -0.256 e. The second-order valence-corrected chi connectivity index (χ2v) is 8.71. The molecule has 0 aliphatic heterocycles. The van der Waals surface area contributed by atoms with E-state index in [1.54, 1.807) is 24.3 Å². The quantitative estimate of drug-likeness (QED) is 0.764. The van der Waals surface area contributed by atoms with Crippen LogP contribution in [0, 0.1) is 5.92 Å². The van der Waals surface area contributed by atoms with E-state index in [2.05, 4.69) is 11.9 Å². The van der Waals surface area contributed by atoms with Crippen LogP contribution in [0.2, 0.25) is 0 Å². The van der Waals surface area contributed by atoms with Gasteiger partial charge in [0.1, 0.15) is 0 Å². The van der Waals surface area contributed by atoms with Gasteiger partial charge >= 0.3 is 6.18 Å². The number of rotatable bonds is 3. The minimum atomic E-state index is -4.41. The van der Waals surface area contributed by atoms with Gasteiger partial charge in [0.15, 0.2) is 9.84 Å². The Morgan fingerprint density at radius 2 is 1.62 bits per heavy atom. The molecule has 0 radical (unpaired) electrons. The zero-order valence-corrected chi connectivity index (χ0v) is 15.2. The molecule has 0 amide bonds. The minimum absolute atomic E-state index is 0.238. The van der Waals surface area contributed by atoms with Crippen LogP contribution in [0.4, 0.5) is 13.2 Å². The largest absolute Gasteiger partial charge is 0.417 e.